The van der Waals surface area contributed by atoms with Crippen molar-refractivity contribution in [2.75, 3.05) is 13.1 Å². The summed E-state index contributed by atoms with van der Waals surface area (Å²) in [6, 6.07) is 1.67. The maximum Gasteiger partial charge on any atom is 0.410 e. The molecule has 1 aromatic rings. The van der Waals surface area contributed by atoms with Crippen LogP contribution in [0.25, 0.3) is 0 Å². The third kappa shape index (κ3) is 2.92. The monoisotopic (exact) mass is 321 g/mol. The van der Waals surface area contributed by atoms with Crippen molar-refractivity contribution in [3.05, 3.63) is 17.5 Å². The highest BCUT2D eigenvalue weighted by atomic mass is 16.6. The van der Waals surface area contributed by atoms with E-state index in [4.69, 9.17) is 9.84 Å². The molecule has 23 heavy (non-hydrogen) atoms. The minimum absolute atomic E-state index is 0.0934. The Bertz CT molecular complexity index is 634. The number of likely N-dealkylation sites (tertiary alicyclic amines) is 1. The van der Waals surface area contributed by atoms with E-state index in [1.165, 1.54) is 0 Å². The number of carbonyl (C=O) groups excluding carboxylic acids is 1. The molecule has 1 aromatic heterocycles. The fourth-order valence-corrected chi connectivity index (χ4v) is 3.50. The summed E-state index contributed by atoms with van der Waals surface area (Å²) in [4.78, 5) is 24.9. The standard InChI is InChI=1S/C16H23N3O4/c1-5-19-12(6-11(17-19)14(20)21)13-9-7-18(8-10(9)13)15(22)23-16(2,3)4/h6,9-10,13H,5,7-8H2,1-4H3,(H,20,21). The van der Waals surface area contributed by atoms with E-state index in [-0.39, 0.29) is 11.8 Å². The van der Waals surface area contributed by atoms with Gasteiger partial charge in [0.05, 0.1) is 0 Å². The third-order valence-corrected chi connectivity index (χ3v) is 4.52. The van der Waals surface area contributed by atoms with Crippen LogP contribution in [0.1, 0.15) is 49.8 Å². The number of nitrogens with zero attached hydrogens (tertiary/aromatic N) is 3. The Morgan fingerprint density at radius 1 is 1.35 bits per heavy atom. The number of carboxylic acid groups (broad SMARTS) is 1. The zero-order chi connectivity index (χ0) is 16.9. The van der Waals surface area contributed by atoms with Gasteiger partial charge in [0.1, 0.15) is 5.60 Å². The molecule has 2 unspecified atom stereocenters. The first-order chi connectivity index (χ1) is 10.7. The average Bonchev–Trinajstić information content (AvgIpc) is 2.85. The molecule has 7 nitrogen and oxygen atoms in total. The van der Waals surface area contributed by atoms with Gasteiger partial charge in [-0.3, -0.25) is 4.68 Å². The van der Waals surface area contributed by atoms with Crippen molar-refractivity contribution in [2.45, 2.75) is 45.8 Å². The van der Waals surface area contributed by atoms with Gasteiger partial charge in [-0.25, -0.2) is 9.59 Å². The SMILES string of the molecule is CCn1nc(C(=O)O)cc1C1C2CN(C(=O)OC(C)(C)C)CC21. The van der Waals surface area contributed by atoms with Gasteiger partial charge in [0.15, 0.2) is 5.69 Å². The minimum Gasteiger partial charge on any atom is -0.476 e. The molecule has 2 heterocycles. The normalized spacial score (nSPS) is 26.1. The van der Waals surface area contributed by atoms with E-state index in [2.05, 4.69) is 5.10 Å². The van der Waals surface area contributed by atoms with E-state index in [0.717, 1.165) is 5.69 Å². The number of amides is 1. The minimum atomic E-state index is -1.00. The number of piperidine rings is 1. The summed E-state index contributed by atoms with van der Waals surface area (Å²) in [6.45, 7) is 9.51. The summed E-state index contributed by atoms with van der Waals surface area (Å²) < 4.78 is 7.17. The number of fused-ring (bicyclic) bond motifs is 1. The Labute approximate surface area is 135 Å². The van der Waals surface area contributed by atoms with Crippen molar-refractivity contribution in [3.8, 4) is 0 Å². The zero-order valence-electron chi connectivity index (χ0n) is 13.9. The van der Waals surface area contributed by atoms with Gasteiger partial charge in [0.2, 0.25) is 0 Å². The van der Waals surface area contributed by atoms with Gasteiger partial charge in [-0.1, -0.05) is 0 Å². The van der Waals surface area contributed by atoms with Crippen LogP contribution in [0, 0.1) is 11.8 Å². The van der Waals surface area contributed by atoms with Gasteiger partial charge in [-0.05, 0) is 45.6 Å². The Morgan fingerprint density at radius 3 is 2.43 bits per heavy atom. The van der Waals surface area contributed by atoms with Gasteiger partial charge in [0, 0.05) is 31.2 Å². The summed E-state index contributed by atoms with van der Waals surface area (Å²) in [6.07, 6.45) is -0.265. The lowest BCUT2D eigenvalue weighted by Gasteiger charge is -2.26. The molecule has 0 aromatic carbocycles. The molecule has 1 saturated carbocycles. The van der Waals surface area contributed by atoms with E-state index in [1.807, 2.05) is 27.7 Å². The fourth-order valence-electron chi connectivity index (χ4n) is 3.50. The smallest absolute Gasteiger partial charge is 0.410 e. The average molecular weight is 321 g/mol. The molecular weight excluding hydrogens is 298 g/mol. The zero-order valence-corrected chi connectivity index (χ0v) is 13.9. The maximum atomic E-state index is 12.1. The van der Waals surface area contributed by atoms with Crippen LogP contribution in [0.5, 0.6) is 0 Å². The number of aromatic nitrogens is 2. The highest BCUT2D eigenvalue weighted by molar-refractivity contribution is 5.85. The van der Waals surface area contributed by atoms with Crippen molar-refractivity contribution in [1.29, 1.82) is 0 Å². The van der Waals surface area contributed by atoms with Crippen LogP contribution >= 0.6 is 0 Å². The molecule has 1 aliphatic carbocycles. The molecule has 1 N–H and O–H groups in total. The predicted octanol–water partition coefficient (Wildman–Crippen LogP) is 2.18. The Kier molecular flexibility index (Phi) is 3.61. The van der Waals surface area contributed by atoms with Crippen LogP contribution in [0.4, 0.5) is 4.79 Å². The first-order valence-corrected chi connectivity index (χ1v) is 8.00. The lowest BCUT2D eigenvalue weighted by atomic mass is 10.2. The molecule has 0 radical (unpaired) electrons. The van der Waals surface area contributed by atoms with E-state index in [1.54, 1.807) is 15.6 Å². The lowest BCUT2D eigenvalue weighted by Crippen LogP contribution is -2.37. The van der Waals surface area contributed by atoms with Crippen LogP contribution in [0.3, 0.4) is 0 Å². The van der Waals surface area contributed by atoms with Crippen molar-refractivity contribution in [3.63, 3.8) is 0 Å². The summed E-state index contributed by atoms with van der Waals surface area (Å²) in [7, 11) is 0. The van der Waals surface area contributed by atoms with Gasteiger partial charge in [-0.2, -0.15) is 5.10 Å². The van der Waals surface area contributed by atoms with Crippen LogP contribution in [0.15, 0.2) is 6.07 Å². The molecular formula is C16H23N3O4. The highest BCUT2D eigenvalue weighted by Gasteiger charge is 2.59. The van der Waals surface area contributed by atoms with Gasteiger partial charge in [-0.15, -0.1) is 0 Å². The van der Waals surface area contributed by atoms with Crippen LogP contribution in [0.2, 0.25) is 0 Å². The quantitative estimate of drug-likeness (QED) is 0.922. The van der Waals surface area contributed by atoms with Gasteiger partial charge >= 0.3 is 12.1 Å². The number of hydrogen-bond donors (Lipinski definition) is 1. The van der Waals surface area contributed by atoms with E-state index < -0.39 is 11.6 Å². The van der Waals surface area contributed by atoms with Crippen molar-refractivity contribution < 1.29 is 19.4 Å². The molecule has 2 fully saturated rings. The topological polar surface area (TPSA) is 84.7 Å². The largest absolute Gasteiger partial charge is 0.476 e. The molecule has 0 bridgehead atoms. The van der Waals surface area contributed by atoms with Crippen LogP contribution in [-0.4, -0.2) is 50.5 Å². The van der Waals surface area contributed by atoms with Crippen LogP contribution < -0.4 is 0 Å². The summed E-state index contributed by atoms with van der Waals surface area (Å²) in [5.74, 6) is 0.0613. The summed E-state index contributed by atoms with van der Waals surface area (Å²) in [5, 5.41) is 13.2. The molecule has 7 heteroatoms. The van der Waals surface area contributed by atoms with Gasteiger partial charge < -0.3 is 14.7 Å². The van der Waals surface area contributed by atoms with Crippen LogP contribution in [-0.2, 0) is 11.3 Å². The summed E-state index contributed by atoms with van der Waals surface area (Å²) in [5.41, 5.74) is 0.583. The number of aryl methyl sites for hydroxylation is 1. The Morgan fingerprint density at radius 2 is 1.96 bits per heavy atom. The first kappa shape index (κ1) is 15.8. The number of hydrogen-bond acceptors (Lipinski definition) is 4. The second-order valence-electron chi connectivity index (χ2n) is 7.31. The van der Waals surface area contributed by atoms with E-state index >= 15 is 0 Å². The Hall–Kier alpha value is -2.05. The maximum absolute atomic E-state index is 12.1. The van der Waals surface area contributed by atoms with Crippen molar-refractivity contribution in [2.24, 2.45) is 11.8 Å². The van der Waals surface area contributed by atoms with E-state index in [0.29, 0.717) is 37.4 Å². The predicted molar refractivity (Wildman–Crippen MR) is 82.4 cm³/mol. The molecule has 1 aliphatic heterocycles. The highest BCUT2D eigenvalue weighted by Crippen LogP contribution is 2.58. The molecule has 1 saturated heterocycles. The Balaban J connectivity index is 1.66. The second-order valence-corrected chi connectivity index (χ2v) is 7.31. The number of carbonyl (C=O) groups is 2. The summed E-state index contributed by atoms with van der Waals surface area (Å²) >= 11 is 0. The third-order valence-electron chi connectivity index (χ3n) is 4.52. The van der Waals surface area contributed by atoms with E-state index in [9.17, 15) is 9.59 Å². The molecule has 1 amide bonds. The lowest BCUT2D eigenvalue weighted by molar-refractivity contribution is 0.0270. The first-order valence-electron chi connectivity index (χ1n) is 8.00. The number of aromatic carboxylic acids is 1. The van der Waals surface area contributed by atoms with Gasteiger partial charge in [0.25, 0.3) is 0 Å². The molecule has 3 rings (SSSR count). The molecule has 126 valence electrons. The van der Waals surface area contributed by atoms with Crippen molar-refractivity contribution in [1.82, 2.24) is 14.7 Å². The number of ether oxygens (including phenoxy) is 1. The molecule has 2 aliphatic rings. The second kappa shape index (κ2) is 5.25. The number of carboxylic acids is 1. The molecule has 0 spiro atoms. The fraction of sp³-hybridized carbons (Fsp3) is 0.688. The molecule has 2 atom stereocenters. The van der Waals surface area contributed by atoms with Crippen molar-refractivity contribution >= 4 is 12.1 Å². The number of rotatable bonds is 3.